The van der Waals surface area contributed by atoms with E-state index in [4.69, 9.17) is 22.4 Å². The Morgan fingerprint density at radius 3 is 2.55 bits per heavy atom. The Balaban J connectivity index is 2.50. The Morgan fingerprint density at radius 1 is 1.25 bits per heavy atom. The van der Waals surface area contributed by atoms with Crippen LogP contribution in [0.5, 0.6) is 0 Å². The maximum absolute atomic E-state index is 13.6. The van der Waals surface area contributed by atoms with Crippen molar-refractivity contribution in [3.63, 3.8) is 0 Å². The molecule has 0 spiro atoms. The molecule has 2 rings (SSSR count). The van der Waals surface area contributed by atoms with Crippen molar-refractivity contribution in [3.8, 4) is 0 Å². The Morgan fingerprint density at radius 2 is 1.95 bits per heavy atom. The lowest BCUT2D eigenvalue weighted by Crippen LogP contribution is -2.01. The zero-order valence-electron chi connectivity index (χ0n) is 9.86. The van der Waals surface area contributed by atoms with Gasteiger partial charge in [0.2, 0.25) is 0 Å². The molecule has 0 bridgehead atoms. The molecule has 0 radical (unpaired) electrons. The molecule has 104 valence electrons. The van der Waals surface area contributed by atoms with E-state index >= 15 is 0 Å². The number of benzene rings is 2. The molecule has 0 aliphatic heterocycles. The molecule has 0 heterocycles. The van der Waals surface area contributed by atoms with Gasteiger partial charge in [-0.05, 0) is 24.3 Å². The van der Waals surface area contributed by atoms with Crippen molar-refractivity contribution in [1.82, 2.24) is 0 Å². The first kappa shape index (κ1) is 14.6. The van der Waals surface area contributed by atoms with E-state index in [1.165, 1.54) is 18.2 Å². The van der Waals surface area contributed by atoms with Gasteiger partial charge in [0.1, 0.15) is 11.6 Å². The third-order valence-electron chi connectivity index (χ3n) is 2.40. The van der Waals surface area contributed by atoms with Crippen LogP contribution >= 0.6 is 23.4 Å². The van der Waals surface area contributed by atoms with E-state index in [1.807, 2.05) is 0 Å². The van der Waals surface area contributed by atoms with Gasteiger partial charge < -0.3 is 10.8 Å². The second kappa shape index (κ2) is 5.68. The van der Waals surface area contributed by atoms with Crippen molar-refractivity contribution in [2.75, 3.05) is 5.73 Å². The van der Waals surface area contributed by atoms with Gasteiger partial charge in [0.25, 0.3) is 0 Å². The number of nitrogens with two attached hydrogens (primary N) is 1. The van der Waals surface area contributed by atoms with E-state index in [0.29, 0.717) is 6.07 Å². The van der Waals surface area contributed by atoms with Crippen molar-refractivity contribution in [2.45, 2.75) is 9.79 Å². The zero-order valence-corrected chi connectivity index (χ0v) is 11.4. The molecule has 0 saturated heterocycles. The molecule has 2 aromatic rings. The maximum Gasteiger partial charge on any atom is 0.336 e. The van der Waals surface area contributed by atoms with Crippen LogP contribution in [0.3, 0.4) is 0 Å². The van der Waals surface area contributed by atoms with Crippen LogP contribution in [0.1, 0.15) is 10.4 Å². The lowest BCUT2D eigenvalue weighted by atomic mass is 10.2. The number of rotatable bonds is 3. The summed E-state index contributed by atoms with van der Waals surface area (Å²) >= 11 is 6.75. The van der Waals surface area contributed by atoms with Crippen molar-refractivity contribution < 1.29 is 18.7 Å². The van der Waals surface area contributed by atoms with Gasteiger partial charge in [-0.3, -0.25) is 0 Å². The molecule has 7 heteroatoms. The molecular weight excluding hydrogens is 308 g/mol. The van der Waals surface area contributed by atoms with Crippen LogP contribution in [0.2, 0.25) is 5.02 Å². The van der Waals surface area contributed by atoms with E-state index in [-0.39, 0.29) is 26.1 Å². The Kier molecular flexibility index (Phi) is 4.15. The van der Waals surface area contributed by atoms with Crippen LogP contribution in [-0.2, 0) is 0 Å². The van der Waals surface area contributed by atoms with E-state index in [1.54, 1.807) is 0 Å². The molecule has 0 unspecified atom stereocenters. The summed E-state index contributed by atoms with van der Waals surface area (Å²) in [5, 5.41) is 9.22. The topological polar surface area (TPSA) is 63.3 Å². The summed E-state index contributed by atoms with van der Waals surface area (Å²) in [5.74, 6) is -2.74. The Labute approximate surface area is 122 Å². The lowest BCUT2D eigenvalue weighted by molar-refractivity contribution is 0.0693. The summed E-state index contributed by atoms with van der Waals surface area (Å²) in [7, 11) is 0. The van der Waals surface area contributed by atoms with Crippen molar-refractivity contribution in [3.05, 3.63) is 52.6 Å². The predicted molar refractivity (Wildman–Crippen MR) is 73.3 cm³/mol. The standard InChI is InChI=1S/C13H8ClF2NO2S/c14-9-5-7(17)4-8(13(18)19)12(9)20-11-2-1-6(15)3-10(11)16/h1-5H,17H2,(H,18,19). The number of nitrogen functional groups attached to an aromatic ring is 1. The average Bonchev–Trinajstić information content (AvgIpc) is 2.34. The molecule has 0 saturated carbocycles. The average molecular weight is 316 g/mol. The minimum atomic E-state index is -1.23. The highest BCUT2D eigenvalue weighted by Crippen LogP contribution is 2.38. The summed E-state index contributed by atoms with van der Waals surface area (Å²) in [6, 6.07) is 5.62. The van der Waals surface area contributed by atoms with Crippen molar-refractivity contribution in [2.24, 2.45) is 0 Å². The van der Waals surface area contributed by atoms with Gasteiger partial charge in [0, 0.05) is 21.5 Å². The number of hydrogen-bond acceptors (Lipinski definition) is 3. The SMILES string of the molecule is Nc1cc(Cl)c(Sc2ccc(F)cc2F)c(C(=O)O)c1. The first-order chi connectivity index (χ1) is 9.38. The van der Waals surface area contributed by atoms with Gasteiger partial charge in [0.15, 0.2) is 0 Å². The van der Waals surface area contributed by atoms with Gasteiger partial charge in [-0.2, -0.15) is 0 Å². The fraction of sp³-hybridized carbons (Fsp3) is 0. The Bertz CT molecular complexity index is 694. The highest BCUT2D eigenvalue weighted by molar-refractivity contribution is 7.99. The fourth-order valence-electron chi connectivity index (χ4n) is 1.54. The number of carbonyl (C=O) groups is 1. The van der Waals surface area contributed by atoms with E-state index in [9.17, 15) is 13.6 Å². The number of anilines is 1. The molecule has 0 atom stereocenters. The monoisotopic (exact) mass is 315 g/mol. The van der Waals surface area contributed by atoms with Crippen LogP contribution in [0.25, 0.3) is 0 Å². The quantitative estimate of drug-likeness (QED) is 0.839. The van der Waals surface area contributed by atoms with Gasteiger partial charge in [-0.25, -0.2) is 13.6 Å². The van der Waals surface area contributed by atoms with Crippen molar-refractivity contribution in [1.29, 1.82) is 0 Å². The Hall–Kier alpha value is -1.79. The third kappa shape index (κ3) is 3.02. The number of halogens is 3. The molecule has 2 aromatic carbocycles. The molecule has 0 fully saturated rings. The minimum Gasteiger partial charge on any atom is -0.478 e. The van der Waals surface area contributed by atoms with E-state index < -0.39 is 17.6 Å². The van der Waals surface area contributed by atoms with Crippen LogP contribution in [0.4, 0.5) is 14.5 Å². The molecule has 0 amide bonds. The zero-order chi connectivity index (χ0) is 14.9. The predicted octanol–water partition coefficient (Wildman–Crippen LogP) is 4.05. The molecule has 20 heavy (non-hydrogen) atoms. The van der Waals surface area contributed by atoms with Crippen LogP contribution < -0.4 is 5.73 Å². The summed E-state index contributed by atoms with van der Waals surface area (Å²) in [6.07, 6.45) is 0. The third-order valence-corrected chi connectivity index (χ3v) is 4.01. The molecule has 0 aromatic heterocycles. The van der Waals surface area contributed by atoms with Crippen molar-refractivity contribution >= 4 is 35.0 Å². The molecule has 3 nitrogen and oxygen atoms in total. The second-order valence-corrected chi connectivity index (χ2v) is 5.32. The summed E-state index contributed by atoms with van der Waals surface area (Å²) < 4.78 is 26.4. The maximum atomic E-state index is 13.6. The fourth-order valence-corrected chi connectivity index (χ4v) is 2.81. The molecular formula is C13H8ClF2NO2S. The highest BCUT2D eigenvalue weighted by atomic mass is 35.5. The number of carboxylic acid groups (broad SMARTS) is 1. The van der Waals surface area contributed by atoms with Gasteiger partial charge >= 0.3 is 5.97 Å². The summed E-state index contributed by atoms with van der Waals surface area (Å²) in [5.41, 5.74) is 5.58. The second-order valence-electron chi connectivity index (χ2n) is 3.86. The lowest BCUT2D eigenvalue weighted by Gasteiger charge is -2.10. The van der Waals surface area contributed by atoms with Crippen LogP contribution in [0, 0.1) is 11.6 Å². The smallest absolute Gasteiger partial charge is 0.336 e. The number of aromatic carboxylic acids is 1. The number of hydrogen-bond donors (Lipinski definition) is 2. The van der Waals surface area contributed by atoms with Crippen LogP contribution in [-0.4, -0.2) is 11.1 Å². The minimum absolute atomic E-state index is 0.0700. The summed E-state index contributed by atoms with van der Waals surface area (Å²) in [6.45, 7) is 0. The largest absolute Gasteiger partial charge is 0.478 e. The van der Waals surface area contributed by atoms with Gasteiger partial charge in [-0.15, -0.1) is 0 Å². The molecule has 0 aliphatic carbocycles. The number of carboxylic acids is 1. The van der Waals surface area contributed by atoms with Crippen LogP contribution in [0.15, 0.2) is 40.1 Å². The van der Waals surface area contributed by atoms with Gasteiger partial charge in [0.05, 0.1) is 10.6 Å². The van der Waals surface area contributed by atoms with E-state index in [2.05, 4.69) is 0 Å². The normalized spacial score (nSPS) is 10.6. The van der Waals surface area contributed by atoms with Gasteiger partial charge in [-0.1, -0.05) is 23.4 Å². The summed E-state index contributed by atoms with van der Waals surface area (Å²) in [4.78, 5) is 11.4. The first-order valence-electron chi connectivity index (χ1n) is 5.33. The molecule has 3 N–H and O–H groups in total. The first-order valence-corrected chi connectivity index (χ1v) is 6.53. The highest BCUT2D eigenvalue weighted by Gasteiger charge is 2.17. The van der Waals surface area contributed by atoms with E-state index in [0.717, 1.165) is 17.8 Å². The molecule has 0 aliphatic rings.